The molecule has 4 rings (SSSR count). The van der Waals surface area contributed by atoms with E-state index in [1.807, 2.05) is 20.8 Å². The Hall–Kier alpha value is -2.01. The molecule has 4 aliphatic carbocycles. The number of esters is 1. The number of carbonyl (C=O) groups is 3. The molecule has 184 valence electrons. The maximum Gasteiger partial charge on any atom is 0.316 e. The largest absolute Gasteiger partial charge is 0.468 e. The zero-order chi connectivity index (χ0) is 25.1. The zero-order valence-corrected chi connectivity index (χ0v) is 21.7. The Labute approximate surface area is 199 Å². The van der Waals surface area contributed by atoms with Crippen molar-refractivity contribution in [3.63, 3.8) is 0 Å². The van der Waals surface area contributed by atoms with Gasteiger partial charge >= 0.3 is 5.97 Å². The summed E-state index contributed by atoms with van der Waals surface area (Å²) in [7, 11) is 1.37. The van der Waals surface area contributed by atoms with Gasteiger partial charge in [0.05, 0.1) is 13.2 Å². The van der Waals surface area contributed by atoms with Crippen molar-refractivity contribution in [1.82, 2.24) is 0 Å². The lowest BCUT2D eigenvalue weighted by molar-refractivity contribution is -0.147. The van der Waals surface area contributed by atoms with Gasteiger partial charge in [0, 0.05) is 18.3 Å². The lowest BCUT2D eigenvalue weighted by atomic mass is 9.52. The molecule has 0 aliphatic heterocycles. The summed E-state index contributed by atoms with van der Waals surface area (Å²) < 4.78 is 5.08. The molecule has 33 heavy (non-hydrogen) atoms. The molecule has 5 nitrogen and oxygen atoms in total. The molecular formula is C28H42O5. The molecule has 1 N–H and O–H groups in total. The standard InChI is InChI=1S/C22H28O4.C4H8O.C2H6/c1-12-5-6-14-17-15(8-10-21(12,14)2)22(3)9-7-13(23)11-16(22)19(24)18(17)20(25)26-4;1-3-4(2)5;1-2/h6,11-12,18-19,24H,5,7-10H2,1-4H3;3H2,1-2H3;1-2H3/t12?,18?,19-,21?,22?;;/m0../s1. The minimum absolute atomic E-state index is 0.0403. The number of allylic oxidation sites excluding steroid dienone is 4. The van der Waals surface area contributed by atoms with Crippen molar-refractivity contribution in [3.05, 3.63) is 34.4 Å². The number of ether oxygens (including phenoxy) is 1. The van der Waals surface area contributed by atoms with Gasteiger partial charge in [-0.25, -0.2) is 0 Å². The highest BCUT2D eigenvalue weighted by atomic mass is 16.5. The van der Waals surface area contributed by atoms with E-state index >= 15 is 0 Å². The molecule has 5 atom stereocenters. The third kappa shape index (κ3) is 4.66. The number of rotatable bonds is 2. The molecular weight excluding hydrogens is 416 g/mol. The lowest BCUT2D eigenvalue weighted by Gasteiger charge is -2.52. The van der Waals surface area contributed by atoms with Gasteiger partial charge in [0.25, 0.3) is 0 Å². The summed E-state index contributed by atoms with van der Waals surface area (Å²) in [6.45, 7) is 14.1. The van der Waals surface area contributed by atoms with Crippen LogP contribution in [0.15, 0.2) is 34.4 Å². The van der Waals surface area contributed by atoms with Gasteiger partial charge in [-0.2, -0.15) is 0 Å². The summed E-state index contributed by atoms with van der Waals surface area (Å²) in [5.74, 6) is -0.310. The number of aliphatic hydroxyl groups excluding tert-OH is 1. The number of hydrogen-bond acceptors (Lipinski definition) is 5. The molecule has 5 heteroatoms. The van der Waals surface area contributed by atoms with Gasteiger partial charge in [0.15, 0.2) is 5.78 Å². The number of ketones is 2. The molecule has 4 aliphatic rings. The SMILES string of the molecule is CC.CCC(C)=O.COC(=O)C1C2=C(CCC3(C)C2=CCC3C)C2(C)CCC(=O)C=C2[C@@H]1O. The van der Waals surface area contributed by atoms with Crippen LogP contribution in [0.1, 0.15) is 87.0 Å². The van der Waals surface area contributed by atoms with Crippen LogP contribution >= 0.6 is 0 Å². The molecule has 0 amide bonds. The van der Waals surface area contributed by atoms with Crippen molar-refractivity contribution in [2.45, 2.75) is 93.1 Å². The van der Waals surface area contributed by atoms with Crippen LogP contribution in [-0.4, -0.2) is 35.9 Å². The van der Waals surface area contributed by atoms with Gasteiger partial charge < -0.3 is 14.6 Å². The molecule has 4 unspecified atom stereocenters. The van der Waals surface area contributed by atoms with Gasteiger partial charge in [-0.3, -0.25) is 9.59 Å². The highest BCUT2D eigenvalue weighted by molar-refractivity contribution is 5.93. The first-order valence-electron chi connectivity index (χ1n) is 12.5. The van der Waals surface area contributed by atoms with E-state index in [0.29, 0.717) is 30.8 Å². The Morgan fingerprint density at radius 2 is 1.79 bits per heavy atom. The van der Waals surface area contributed by atoms with Gasteiger partial charge in [0.2, 0.25) is 0 Å². The van der Waals surface area contributed by atoms with Crippen molar-refractivity contribution >= 4 is 17.5 Å². The molecule has 0 fully saturated rings. The van der Waals surface area contributed by atoms with E-state index < -0.39 is 18.0 Å². The minimum atomic E-state index is -0.991. The molecule has 0 bridgehead atoms. The van der Waals surface area contributed by atoms with Crippen LogP contribution in [0.4, 0.5) is 0 Å². The number of methoxy groups -OCH3 is 1. The van der Waals surface area contributed by atoms with Crippen molar-refractivity contribution < 1.29 is 24.2 Å². The third-order valence-corrected chi connectivity index (χ3v) is 8.28. The third-order valence-electron chi connectivity index (χ3n) is 8.28. The predicted molar refractivity (Wildman–Crippen MR) is 130 cm³/mol. The maximum absolute atomic E-state index is 12.7. The van der Waals surface area contributed by atoms with Crippen LogP contribution in [0.2, 0.25) is 0 Å². The van der Waals surface area contributed by atoms with Crippen molar-refractivity contribution in [3.8, 4) is 0 Å². The van der Waals surface area contributed by atoms with Crippen molar-refractivity contribution in [1.29, 1.82) is 0 Å². The van der Waals surface area contributed by atoms with E-state index in [1.165, 1.54) is 18.3 Å². The fourth-order valence-corrected chi connectivity index (χ4v) is 5.83. The first kappa shape index (κ1) is 27.2. The smallest absolute Gasteiger partial charge is 0.316 e. The minimum Gasteiger partial charge on any atom is -0.468 e. The lowest BCUT2D eigenvalue weighted by Crippen LogP contribution is -2.49. The highest BCUT2D eigenvalue weighted by Crippen LogP contribution is 2.63. The van der Waals surface area contributed by atoms with Crippen LogP contribution in [0.25, 0.3) is 0 Å². The van der Waals surface area contributed by atoms with Crippen LogP contribution in [0, 0.1) is 22.7 Å². The van der Waals surface area contributed by atoms with E-state index in [9.17, 15) is 19.5 Å². The summed E-state index contributed by atoms with van der Waals surface area (Å²) in [5, 5.41) is 11.2. The quantitative estimate of drug-likeness (QED) is 0.551. The van der Waals surface area contributed by atoms with Gasteiger partial charge in [-0.15, -0.1) is 0 Å². The molecule has 0 spiro atoms. The number of aliphatic hydroxyl groups is 1. The topological polar surface area (TPSA) is 80.7 Å². The zero-order valence-electron chi connectivity index (χ0n) is 21.7. The van der Waals surface area contributed by atoms with Crippen LogP contribution in [-0.2, 0) is 19.1 Å². The summed E-state index contributed by atoms with van der Waals surface area (Å²) in [6, 6.07) is 0. The molecule has 0 heterocycles. The number of hydrogen-bond donors (Lipinski definition) is 1. The summed E-state index contributed by atoms with van der Waals surface area (Å²) in [4.78, 5) is 34.6. The Morgan fingerprint density at radius 3 is 2.33 bits per heavy atom. The van der Waals surface area contributed by atoms with E-state index in [-0.39, 0.29) is 22.4 Å². The monoisotopic (exact) mass is 458 g/mol. The van der Waals surface area contributed by atoms with Crippen LogP contribution in [0.3, 0.4) is 0 Å². The molecule has 0 aromatic carbocycles. The fraction of sp³-hybridized carbons (Fsp3) is 0.679. The first-order valence-corrected chi connectivity index (χ1v) is 12.5. The second kappa shape index (κ2) is 10.5. The summed E-state index contributed by atoms with van der Waals surface area (Å²) >= 11 is 0. The second-order valence-corrected chi connectivity index (χ2v) is 9.96. The van der Waals surface area contributed by atoms with Crippen LogP contribution in [0.5, 0.6) is 0 Å². The van der Waals surface area contributed by atoms with Crippen molar-refractivity contribution in [2.24, 2.45) is 22.7 Å². The molecule has 0 aromatic rings. The van der Waals surface area contributed by atoms with Crippen LogP contribution < -0.4 is 0 Å². The Bertz CT molecular complexity index is 892. The molecule has 0 saturated carbocycles. The maximum atomic E-state index is 12.7. The Balaban J connectivity index is 0.000000489. The Morgan fingerprint density at radius 1 is 1.18 bits per heavy atom. The van der Waals surface area contributed by atoms with Gasteiger partial charge in [0.1, 0.15) is 11.7 Å². The first-order chi connectivity index (χ1) is 15.5. The predicted octanol–water partition coefficient (Wildman–Crippen LogP) is 5.52. The molecule has 0 radical (unpaired) electrons. The average molecular weight is 459 g/mol. The number of fused-ring (bicyclic) bond motifs is 4. The number of carbonyl (C=O) groups excluding carboxylic acids is 3. The highest BCUT2D eigenvalue weighted by Gasteiger charge is 2.56. The Kier molecular flexibility index (Phi) is 8.67. The summed E-state index contributed by atoms with van der Waals surface area (Å²) in [5.41, 5.74) is 3.91. The second-order valence-electron chi connectivity index (χ2n) is 9.96. The van der Waals surface area contributed by atoms with E-state index in [4.69, 9.17) is 4.74 Å². The number of Topliss-reactive ketones (excluding diaryl/α,β-unsaturated/α-hetero) is 1. The van der Waals surface area contributed by atoms with Gasteiger partial charge in [-0.1, -0.05) is 53.2 Å². The van der Waals surface area contributed by atoms with Crippen molar-refractivity contribution in [2.75, 3.05) is 7.11 Å². The average Bonchev–Trinajstić information content (AvgIpc) is 3.11. The summed E-state index contributed by atoms with van der Waals surface area (Å²) in [6.07, 6.45) is 7.72. The van der Waals surface area contributed by atoms with E-state index in [2.05, 4.69) is 26.8 Å². The molecule has 0 aromatic heterocycles. The molecule has 0 saturated heterocycles. The fourth-order valence-electron chi connectivity index (χ4n) is 5.83. The van der Waals surface area contributed by atoms with E-state index in [1.54, 1.807) is 13.0 Å². The normalized spacial score (nSPS) is 34.2. The van der Waals surface area contributed by atoms with Gasteiger partial charge in [-0.05, 0) is 66.7 Å². The van der Waals surface area contributed by atoms with E-state index in [0.717, 1.165) is 24.8 Å².